The van der Waals surface area contributed by atoms with Crippen LogP contribution in [-0.4, -0.2) is 0 Å². The van der Waals surface area contributed by atoms with Gasteiger partial charge in [0.1, 0.15) is 11.5 Å². The minimum absolute atomic E-state index is 0.111. The molecule has 5 heteroatoms. The summed E-state index contributed by atoms with van der Waals surface area (Å²) < 4.78 is 40.0. The normalized spacial score (nSPS) is 16.5. The second kappa shape index (κ2) is 8.12. The molecule has 1 aliphatic heterocycles. The lowest BCUT2D eigenvalue weighted by Crippen LogP contribution is -2.22. The molecule has 34 heavy (non-hydrogen) atoms. The molecule has 0 saturated heterocycles. The summed E-state index contributed by atoms with van der Waals surface area (Å²) in [5.41, 5.74) is 4.73. The van der Waals surface area contributed by atoms with Crippen molar-refractivity contribution < 1.29 is 17.8 Å². The zero-order valence-corrected chi connectivity index (χ0v) is 24.0. The summed E-state index contributed by atoms with van der Waals surface area (Å²) in [6.45, 7) is 25.3. The van der Waals surface area contributed by atoms with E-state index in [4.69, 9.17) is 9.05 Å². The molecule has 0 aromatic heterocycles. The molecule has 0 radical (unpaired) electrons. The van der Waals surface area contributed by atoms with E-state index >= 15 is 4.20 Å². The number of hydrogen-bond donors (Lipinski definition) is 0. The largest absolute Gasteiger partial charge is 0.628 e. The molecule has 0 aliphatic carbocycles. The molecule has 0 fully saturated rings. The first-order valence-corrected chi connectivity index (χ1v) is 13.6. The summed E-state index contributed by atoms with van der Waals surface area (Å²) in [5, 5.41) is 0. The Bertz CT molecular complexity index is 1060. The maximum absolute atomic E-state index is 15.6. The topological polar surface area (TPSA) is 35.5 Å². The van der Waals surface area contributed by atoms with Crippen LogP contribution in [0.4, 0.5) is 4.20 Å². The summed E-state index contributed by atoms with van der Waals surface area (Å²) in [4.78, 5) is 0. The van der Waals surface area contributed by atoms with E-state index in [9.17, 15) is 4.57 Å². The molecule has 0 N–H and O–H groups in total. The molecule has 0 amide bonds. The molecular weight excluding hydrogens is 446 g/mol. The van der Waals surface area contributed by atoms with E-state index in [0.717, 1.165) is 33.4 Å². The first kappa shape index (κ1) is 26.8. The lowest BCUT2D eigenvalue weighted by molar-refractivity contribution is 0.324. The van der Waals surface area contributed by atoms with Gasteiger partial charge in [0.05, 0.1) is 0 Å². The molecule has 0 spiro atoms. The first-order valence-electron chi connectivity index (χ1n) is 12.1. The summed E-state index contributed by atoms with van der Waals surface area (Å²) in [7, 11) is -4.93. The average molecular weight is 489 g/mol. The third-order valence-electron chi connectivity index (χ3n) is 6.46. The molecule has 2 aromatic rings. The van der Waals surface area contributed by atoms with E-state index < -0.39 is 7.91 Å². The van der Waals surface area contributed by atoms with Gasteiger partial charge < -0.3 is 9.05 Å². The van der Waals surface area contributed by atoms with Crippen LogP contribution in [0, 0.1) is 0 Å². The van der Waals surface area contributed by atoms with Crippen molar-refractivity contribution in [1.29, 1.82) is 0 Å². The third kappa shape index (κ3) is 5.54. The van der Waals surface area contributed by atoms with Crippen LogP contribution in [0.2, 0.25) is 0 Å². The van der Waals surface area contributed by atoms with Crippen molar-refractivity contribution in [2.45, 2.75) is 111 Å². The lowest BCUT2D eigenvalue weighted by Gasteiger charge is -2.33. The SMILES string of the molecule is CC(C)(C)c1cc2c(c(C(C)(C)C)c1)OP(=O)(F)Oc1c(cc(C(C)(C)C)cc1C(C)(C)C)C2. The van der Waals surface area contributed by atoms with Crippen LogP contribution >= 0.6 is 7.91 Å². The van der Waals surface area contributed by atoms with Crippen LogP contribution in [0.5, 0.6) is 11.5 Å². The predicted molar refractivity (Wildman–Crippen MR) is 140 cm³/mol. The Balaban J connectivity index is 2.43. The Morgan fingerprint density at radius 1 is 0.618 bits per heavy atom. The van der Waals surface area contributed by atoms with Gasteiger partial charge >= 0.3 is 7.91 Å². The van der Waals surface area contributed by atoms with E-state index in [1.54, 1.807) is 0 Å². The Labute approximate surface area is 206 Å². The van der Waals surface area contributed by atoms with E-state index in [-0.39, 0.29) is 21.7 Å². The van der Waals surface area contributed by atoms with Crippen molar-refractivity contribution in [3.63, 3.8) is 0 Å². The zero-order chi connectivity index (χ0) is 26.1. The van der Waals surface area contributed by atoms with E-state index in [0.29, 0.717) is 17.9 Å². The molecule has 1 aliphatic rings. The molecular formula is C29H42FO3P. The molecule has 0 unspecified atom stereocenters. The van der Waals surface area contributed by atoms with Gasteiger partial charge in [0.2, 0.25) is 0 Å². The smallest absolute Gasteiger partial charge is 0.391 e. The van der Waals surface area contributed by atoms with Crippen molar-refractivity contribution in [2.24, 2.45) is 0 Å². The van der Waals surface area contributed by atoms with Gasteiger partial charge in [-0.05, 0) is 43.9 Å². The molecule has 0 bridgehead atoms. The Morgan fingerprint density at radius 2 is 0.941 bits per heavy atom. The second-order valence-electron chi connectivity index (χ2n) is 13.8. The van der Waals surface area contributed by atoms with Gasteiger partial charge in [-0.15, -0.1) is 4.20 Å². The van der Waals surface area contributed by atoms with Crippen molar-refractivity contribution in [1.82, 2.24) is 0 Å². The van der Waals surface area contributed by atoms with Crippen molar-refractivity contribution in [3.8, 4) is 11.5 Å². The molecule has 2 aromatic carbocycles. The molecule has 0 atom stereocenters. The van der Waals surface area contributed by atoms with E-state index in [1.165, 1.54) is 0 Å². The van der Waals surface area contributed by atoms with Crippen LogP contribution in [0.25, 0.3) is 0 Å². The van der Waals surface area contributed by atoms with Crippen molar-refractivity contribution >= 4 is 7.91 Å². The maximum atomic E-state index is 15.6. The fourth-order valence-electron chi connectivity index (χ4n) is 4.28. The molecule has 3 nitrogen and oxygen atoms in total. The average Bonchev–Trinajstić information content (AvgIpc) is 2.58. The summed E-state index contributed by atoms with van der Waals surface area (Å²) in [6, 6.07) is 8.29. The highest BCUT2D eigenvalue weighted by molar-refractivity contribution is 7.48. The standard InChI is InChI=1S/C29H42FO3P/c1-26(2,3)20-14-18-13-19-15-21(27(4,5)6)17-23(29(10,11)12)25(19)33-34(30,31)32-24(18)22(16-20)28(7,8)9/h14-17H,13H2,1-12H3. The molecule has 3 rings (SSSR count). The Hall–Kier alpha value is -1.80. The Kier molecular flexibility index (Phi) is 6.40. The van der Waals surface area contributed by atoms with Crippen LogP contribution in [0.3, 0.4) is 0 Å². The van der Waals surface area contributed by atoms with Gasteiger partial charge in [-0.2, -0.15) is 0 Å². The van der Waals surface area contributed by atoms with Crippen LogP contribution < -0.4 is 9.05 Å². The highest BCUT2D eigenvalue weighted by atomic mass is 31.2. The van der Waals surface area contributed by atoms with Crippen molar-refractivity contribution in [2.75, 3.05) is 0 Å². The lowest BCUT2D eigenvalue weighted by atomic mass is 9.76. The maximum Gasteiger partial charge on any atom is 0.628 e. The van der Waals surface area contributed by atoms with E-state index in [2.05, 4.69) is 107 Å². The zero-order valence-electron chi connectivity index (χ0n) is 23.1. The van der Waals surface area contributed by atoms with Gasteiger partial charge in [0, 0.05) is 17.5 Å². The summed E-state index contributed by atoms with van der Waals surface area (Å²) in [5.74, 6) is 0.686. The van der Waals surface area contributed by atoms with Crippen LogP contribution in [0.1, 0.15) is 116 Å². The number of benzene rings is 2. The molecule has 1 heterocycles. The fourth-order valence-corrected chi connectivity index (χ4v) is 5.18. The number of rotatable bonds is 0. The minimum Gasteiger partial charge on any atom is -0.391 e. The quantitative estimate of drug-likeness (QED) is 0.347. The monoisotopic (exact) mass is 488 g/mol. The number of hydrogen-bond acceptors (Lipinski definition) is 3. The van der Waals surface area contributed by atoms with Gasteiger partial charge in [0.25, 0.3) is 0 Å². The third-order valence-corrected chi connectivity index (χ3v) is 7.26. The van der Waals surface area contributed by atoms with Gasteiger partial charge in [-0.3, -0.25) is 0 Å². The van der Waals surface area contributed by atoms with Crippen LogP contribution in [-0.2, 0) is 32.6 Å². The van der Waals surface area contributed by atoms with Crippen molar-refractivity contribution in [3.05, 3.63) is 57.6 Å². The highest BCUT2D eigenvalue weighted by Gasteiger charge is 2.39. The fraction of sp³-hybridized carbons (Fsp3) is 0.586. The number of fused-ring (bicyclic) bond motifs is 2. The highest BCUT2D eigenvalue weighted by Crippen LogP contribution is 2.57. The molecule has 188 valence electrons. The van der Waals surface area contributed by atoms with E-state index in [1.807, 2.05) is 0 Å². The second-order valence-corrected chi connectivity index (χ2v) is 15.0. The summed E-state index contributed by atoms with van der Waals surface area (Å²) in [6.07, 6.45) is 0.505. The first-order chi connectivity index (χ1) is 15.1. The molecule has 0 saturated carbocycles. The summed E-state index contributed by atoms with van der Waals surface area (Å²) >= 11 is 0. The predicted octanol–water partition coefficient (Wildman–Crippen LogP) is 9.32. The van der Waals surface area contributed by atoms with Crippen LogP contribution in [0.15, 0.2) is 24.3 Å². The van der Waals surface area contributed by atoms with Gasteiger partial charge in [0.15, 0.2) is 0 Å². The van der Waals surface area contributed by atoms with Gasteiger partial charge in [-0.1, -0.05) is 107 Å². The number of halogens is 1. The minimum atomic E-state index is -4.93. The Morgan fingerprint density at radius 3 is 1.21 bits per heavy atom. The van der Waals surface area contributed by atoms with Gasteiger partial charge in [-0.25, -0.2) is 4.57 Å².